The highest BCUT2D eigenvalue weighted by atomic mass is 32.2. The minimum Gasteiger partial charge on any atom is -0.340 e. The third kappa shape index (κ3) is 3.63. The number of nitrogens with zero attached hydrogens (tertiary/aromatic N) is 4. The molecule has 0 spiro atoms. The summed E-state index contributed by atoms with van der Waals surface area (Å²) in [7, 11) is -2.99. The molecule has 3 aliphatic rings. The molecule has 1 saturated carbocycles. The van der Waals surface area contributed by atoms with Gasteiger partial charge in [-0.25, -0.2) is 18.4 Å². The van der Waals surface area contributed by atoms with Gasteiger partial charge < -0.3 is 9.80 Å². The summed E-state index contributed by atoms with van der Waals surface area (Å²) in [6.45, 7) is 1.47. The Morgan fingerprint density at radius 1 is 1.12 bits per heavy atom. The number of anilines is 1. The van der Waals surface area contributed by atoms with Crippen molar-refractivity contribution < 1.29 is 13.2 Å². The van der Waals surface area contributed by atoms with Crippen LogP contribution in [0.4, 0.5) is 5.95 Å². The van der Waals surface area contributed by atoms with Crippen LogP contribution in [0, 0.1) is 5.92 Å². The Morgan fingerprint density at radius 2 is 1.88 bits per heavy atom. The molecule has 136 valence electrons. The fourth-order valence-electron chi connectivity index (χ4n) is 4.03. The molecule has 2 aliphatic heterocycles. The second-order valence-corrected chi connectivity index (χ2v) is 9.60. The SMILES string of the molecule is O=C(C1CCCN(c2ncccn2)C1)N(C1CC1)C1CCS(=O)(=O)C1. The van der Waals surface area contributed by atoms with Crippen LogP contribution in [-0.4, -0.2) is 65.9 Å². The van der Waals surface area contributed by atoms with Crippen molar-refractivity contribution in [2.45, 2.75) is 44.2 Å². The van der Waals surface area contributed by atoms with Crippen molar-refractivity contribution in [2.75, 3.05) is 29.5 Å². The zero-order valence-electron chi connectivity index (χ0n) is 14.2. The van der Waals surface area contributed by atoms with Crippen LogP contribution >= 0.6 is 0 Å². The van der Waals surface area contributed by atoms with Gasteiger partial charge in [-0.05, 0) is 38.2 Å². The first-order valence-electron chi connectivity index (χ1n) is 9.08. The normalized spacial score (nSPS) is 28.7. The standard InChI is InChI=1S/C17H24N4O3S/c22-16(21(14-4-5-14)15-6-10-25(23,24)12-15)13-3-1-9-20(11-13)17-18-7-2-8-19-17/h2,7-8,13-15H,1,3-6,9-12H2. The second kappa shape index (κ2) is 6.55. The summed E-state index contributed by atoms with van der Waals surface area (Å²) < 4.78 is 23.7. The van der Waals surface area contributed by atoms with E-state index in [1.54, 1.807) is 18.5 Å². The monoisotopic (exact) mass is 364 g/mol. The minimum absolute atomic E-state index is 0.0959. The Balaban J connectivity index is 1.48. The summed E-state index contributed by atoms with van der Waals surface area (Å²) in [5.74, 6) is 1.05. The predicted molar refractivity (Wildman–Crippen MR) is 93.9 cm³/mol. The van der Waals surface area contributed by atoms with Gasteiger partial charge in [0.15, 0.2) is 9.84 Å². The van der Waals surface area contributed by atoms with Gasteiger partial charge in [-0.3, -0.25) is 4.79 Å². The molecule has 2 unspecified atom stereocenters. The first-order chi connectivity index (χ1) is 12.0. The van der Waals surface area contributed by atoms with E-state index >= 15 is 0 Å². The molecule has 2 atom stereocenters. The van der Waals surface area contributed by atoms with Crippen molar-refractivity contribution in [1.29, 1.82) is 0 Å². The molecule has 3 fully saturated rings. The average Bonchev–Trinajstić information content (AvgIpc) is 3.39. The predicted octanol–water partition coefficient (Wildman–Crippen LogP) is 0.871. The maximum Gasteiger partial charge on any atom is 0.228 e. The fraction of sp³-hybridized carbons (Fsp3) is 0.706. The van der Waals surface area contributed by atoms with Crippen LogP contribution in [0.3, 0.4) is 0 Å². The van der Waals surface area contributed by atoms with Crippen molar-refractivity contribution in [3.8, 4) is 0 Å². The average molecular weight is 364 g/mol. The van der Waals surface area contributed by atoms with Gasteiger partial charge in [0.1, 0.15) is 0 Å². The molecule has 0 aromatic carbocycles. The van der Waals surface area contributed by atoms with Crippen LogP contribution < -0.4 is 4.90 Å². The lowest BCUT2D eigenvalue weighted by atomic mass is 9.95. The van der Waals surface area contributed by atoms with E-state index in [0.29, 0.717) is 18.9 Å². The molecule has 2 saturated heterocycles. The molecule has 25 heavy (non-hydrogen) atoms. The molecular formula is C17H24N4O3S. The highest BCUT2D eigenvalue weighted by Crippen LogP contribution is 2.35. The number of aromatic nitrogens is 2. The Labute approximate surface area is 148 Å². The lowest BCUT2D eigenvalue weighted by Gasteiger charge is -2.37. The molecule has 1 aromatic heterocycles. The van der Waals surface area contributed by atoms with Gasteiger partial charge >= 0.3 is 0 Å². The maximum atomic E-state index is 13.2. The van der Waals surface area contributed by atoms with Gasteiger partial charge in [-0.1, -0.05) is 0 Å². The summed E-state index contributed by atoms with van der Waals surface area (Å²) in [4.78, 5) is 25.8. The van der Waals surface area contributed by atoms with Gasteiger partial charge in [0.05, 0.1) is 17.4 Å². The lowest BCUT2D eigenvalue weighted by molar-refractivity contribution is -0.138. The summed E-state index contributed by atoms with van der Waals surface area (Å²) in [6.07, 6.45) is 7.80. The van der Waals surface area contributed by atoms with Crippen LogP contribution in [0.15, 0.2) is 18.5 Å². The van der Waals surface area contributed by atoms with E-state index in [2.05, 4.69) is 14.9 Å². The maximum absolute atomic E-state index is 13.2. The van der Waals surface area contributed by atoms with E-state index in [9.17, 15) is 13.2 Å². The summed E-state index contributed by atoms with van der Waals surface area (Å²) in [5.41, 5.74) is 0. The number of amides is 1. The van der Waals surface area contributed by atoms with Crippen LogP contribution in [0.25, 0.3) is 0 Å². The number of hydrogen-bond acceptors (Lipinski definition) is 6. The van der Waals surface area contributed by atoms with Gasteiger partial charge in [0.25, 0.3) is 0 Å². The first-order valence-corrected chi connectivity index (χ1v) is 10.9. The van der Waals surface area contributed by atoms with E-state index in [1.807, 2.05) is 4.90 Å². The molecule has 1 amide bonds. The number of carbonyl (C=O) groups is 1. The largest absolute Gasteiger partial charge is 0.340 e. The molecule has 3 heterocycles. The topological polar surface area (TPSA) is 83.5 Å². The van der Waals surface area contributed by atoms with Gasteiger partial charge in [0.2, 0.25) is 11.9 Å². The lowest BCUT2D eigenvalue weighted by Crippen LogP contribution is -2.50. The summed E-state index contributed by atoms with van der Waals surface area (Å²) in [6, 6.07) is 1.90. The number of carbonyl (C=O) groups excluding carboxylic acids is 1. The van der Waals surface area contributed by atoms with Gasteiger partial charge in [-0.2, -0.15) is 0 Å². The number of sulfone groups is 1. The molecule has 7 nitrogen and oxygen atoms in total. The Bertz CT molecular complexity index is 736. The number of rotatable bonds is 4. The van der Waals surface area contributed by atoms with Crippen molar-refractivity contribution in [3.63, 3.8) is 0 Å². The summed E-state index contributed by atoms with van der Waals surface area (Å²) >= 11 is 0. The zero-order chi connectivity index (χ0) is 17.4. The molecular weight excluding hydrogens is 340 g/mol. The van der Waals surface area contributed by atoms with Crippen LogP contribution in [0.1, 0.15) is 32.1 Å². The smallest absolute Gasteiger partial charge is 0.228 e. The molecule has 4 rings (SSSR count). The van der Waals surface area contributed by atoms with Crippen LogP contribution in [-0.2, 0) is 14.6 Å². The molecule has 1 aromatic rings. The minimum atomic E-state index is -2.99. The Kier molecular flexibility index (Phi) is 4.39. The van der Waals surface area contributed by atoms with Crippen molar-refractivity contribution in [3.05, 3.63) is 18.5 Å². The van der Waals surface area contributed by atoms with Gasteiger partial charge in [0, 0.05) is 37.6 Å². The number of hydrogen-bond donors (Lipinski definition) is 0. The van der Waals surface area contributed by atoms with Gasteiger partial charge in [-0.15, -0.1) is 0 Å². The molecule has 0 N–H and O–H groups in total. The number of piperidine rings is 1. The van der Waals surface area contributed by atoms with E-state index in [1.165, 1.54) is 0 Å². The van der Waals surface area contributed by atoms with Crippen molar-refractivity contribution in [2.24, 2.45) is 5.92 Å². The highest BCUT2D eigenvalue weighted by Gasteiger charge is 2.44. The fourth-order valence-corrected chi connectivity index (χ4v) is 5.74. The van der Waals surface area contributed by atoms with E-state index in [0.717, 1.165) is 32.2 Å². The van der Waals surface area contributed by atoms with Crippen molar-refractivity contribution >= 4 is 21.7 Å². The quantitative estimate of drug-likeness (QED) is 0.788. The Hall–Kier alpha value is -1.70. The van der Waals surface area contributed by atoms with E-state index in [-0.39, 0.29) is 35.4 Å². The first kappa shape index (κ1) is 16.8. The Morgan fingerprint density at radius 3 is 2.52 bits per heavy atom. The molecule has 0 bridgehead atoms. The van der Waals surface area contributed by atoms with Crippen molar-refractivity contribution in [1.82, 2.24) is 14.9 Å². The van der Waals surface area contributed by atoms with E-state index < -0.39 is 9.84 Å². The molecule has 1 aliphatic carbocycles. The van der Waals surface area contributed by atoms with Crippen LogP contribution in [0.5, 0.6) is 0 Å². The zero-order valence-corrected chi connectivity index (χ0v) is 15.1. The highest BCUT2D eigenvalue weighted by molar-refractivity contribution is 7.91. The van der Waals surface area contributed by atoms with Crippen LogP contribution in [0.2, 0.25) is 0 Å². The third-order valence-electron chi connectivity index (χ3n) is 5.40. The summed E-state index contributed by atoms with van der Waals surface area (Å²) in [5, 5.41) is 0. The molecule has 8 heteroatoms. The second-order valence-electron chi connectivity index (χ2n) is 7.37. The third-order valence-corrected chi connectivity index (χ3v) is 7.15. The molecule has 0 radical (unpaired) electrons. The van der Waals surface area contributed by atoms with E-state index in [4.69, 9.17) is 0 Å².